The number of amides is 1. The summed E-state index contributed by atoms with van der Waals surface area (Å²) in [5.74, 6) is -0.709. The van der Waals surface area contributed by atoms with Crippen LogP contribution in [0.2, 0.25) is 5.02 Å². The molecule has 9 heteroatoms. The first-order valence-electron chi connectivity index (χ1n) is 7.32. The molecule has 1 N–H and O–H groups in total. The highest BCUT2D eigenvalue weighted by atomic mass is 35.5. The van der Waals surface area contributed by atoms with Gasteiger partial charge >= 0.3 is 6.18 Å². The zero-order valence-corrected chi connectivity index (χ0v) is 15.3. The van der Waals surface area contributed by atoms with E-state index in [1.54, 1.807) is 24.3 Å². The van der Waals surface area contributed by atoms with Gasteiger partial charge in [-0.2, -0.15) is 13.2 Å². The van der Waals surface area contributed by atoms with E-state index in [0.717, 1.165) is 12.1 Å². The van der Waals surface area contributed by atoms with Crippen LogP contribution in [-0.2, 0) is 11.0 Å². The van der Waals surface area contributed by atoms with E-state index in [1.807, 2.05) is 0 Å². The van der Waals surface area contributed by atoms with Gasteiger partial charge < -0.3 is 10.1 Å². The third kappa shape index (κ3) is 5.97. The van der Waals surface area contributed by atoms with Crippen LogP contribution in [0.5, 0.6) is 5.75 Å². The molecule has 1 atom stereocenters. The summed E-state index contributed by atoms with van der Waals surface area (Å²) in [6.45, 7) is -0.0437. The van der Waals surface area contributed by atoms with E-state index < -0.39 is 28.6 Å². The fraction of sp³-hybridized carbons (Fsp3) is 0.235. The Morgan fingerprint density at radius 3 is 2.35 bits per heavy atom. The normalized spacial score (nSPS) is 12.7. The Morgan fingerprint density at radius 1 is 1.12 bits per heavy atom. The predicted octanol–water partition coefficient (Wildman–Crippen LogP) is 5.40. The molecule has 0 aliphatic heterocycles. The predicted molar refractivity (Wildman–Crippen MR) is 94.8 cm³/mol. The van der Waals surface area contributed by atoms with Gasteiger partial charge in [-0.15, -0.1) is 23.2 Å². The maximum atomic E-state index is 12.9. The summed E-state index contributed by atoms with van der Waals surface area (Å²) in [7, 11) is 0. The van der Waals surface area contributed by atoms with Gasteiger partial charge in [-0.05, 0) is 30.3 Å². The Balaban J connectivity index is 2.29. The van der Waals surface area contributed by atoms with E-state index in [9.17, 15) is 18.0 Å². The van der Waals surface area contributed by atoms with Crippen LogP contribution in [0.3, 0.4) is 0 Å². The second-order valence-electron chi connectivity index (χ2n) is 5.21. The van der Waals surface area contributed by atoms with Crippen LogP contribution in [0.15, 0.2) is 48.5 Å². The summed E-state index contributed by atoms with van der Waals surface area (Å²) in [6, 6.07) is 10.4. The summed E-state index contributed by atoms with van der Waals surface area (Å²) >= 11 is 17.0. The first-order valence-corrected chi connectivity index (χ1v) is 8.57. The summed E-state index contributed by atoms with van der Waals surface area (Å²) in [4.78, 5) is 11.6. The van der Waals surface area contributed by atoms with E-state index in [4.69, 9.17) is 39.5 Å². The van der Waals surface area contributed by atoms with E-state index in [0.29, 0.717) is 10.6 Å². The number of alkyl halides is 5. The molecule has 3 nitrogen and oxygen atoms in total. The first kappa shape index (κ1) is 20.7. The molecule has 2 aromatic carbocycles. The molecule has 1 amide bonds. The van der Waals surface area contributed by atoms with Gasteiger partial charge in [0.25, 0.3) is 5.91 Å². The van der Waals surface area contributed by atoms with Crippen LogP contribution in [0.1, 0.15) is 17.2 Å². The van der Waals surface area contributed by atoms with Gasteiger partial charge in [-0.3, -0.25) is 4.79 Å². The van der Waals surface area contributed by atoms with Crippen LogP contribution < -0.4 is 10.1 Å². The van der Waals surface area contributed by atoms with E-state index >= 15 is 0 Å². The van der Waals surface area contributed by atoms with Crippen LogP contribution in [0, 0.1) is 0 Å². The van der Waals surface area contributed by atoms with Crippen molar-refractivity contribution < 1.29 is 22.7 Å². The molecule has 0 aliphatic carbocycles. The largest absolute Gasteiger partial charge is 0.476 e. The number of hydrogen-bond acceptors (Lipinski definition) is 2. The molecule has 0 bridgehead atoms. The Morgan fingerprint density at radius 2 is 1.77 bits per heavy atom. The van der Waals surface area contributed by atoms with Gasteiger partial charge in [0.1, 0.15) is 10.6 Å². The number of ether oxygens (including phenoxy) is 1. The molecule has 2 aromatic rings. The van der Waals surface area contributed by atoms with Crippen molar-refractivity contribution in [3.8, 4) is 5.75 Å². The quantitative estimate of drug-likeness (QED) is 0.628. The topological polar surface area (TPSA) is 38.3 Å². The van der Waals surface area contributed by atoms with Crippen molar-refractivity contribution in [2.75, 3.05) is 6.54 Å². The van der Waals surface area contributed by atoms with Gasteiger partial charge in [-0.1, -0.05) is 29.8 Å². The van der Waals surface area contributed by atoms with Gasteiger partial charge in [0.2, 0.25) is 6.10 Å². The summed E-state index contributed by atoms with van der Waals surface area (Å²) in [5, 5.41) is 2.92. The van der Waals surface area contributed by atoms with Crippen molar-refractivity contribution in [2.45, 2.75) is 17.1 Å². The van der Waals surface area contributed by atoms with E-state index in [2.05, 4.69) is 5.32 Å². The number of carbonyl (C=O) groups is 1. The van der Waals surface area contributed by atoms with Gasteiger partial charge in [0.05, 0.1) is 5.56 Å². The van der Waals surface area contributed by atoms with Crippen LogP contribution >= 0.6 is 34.8 Å². The van der Waals surface area contributed by atoms with Gasteiger partial charge in [0.15, 0.2) is 0 Å². The first-order chi connectivity index (χ1) is 12.2. The molecule has 0 radical (unpaired) electrons. The Hall–Kier alpha value is -1.63. The zero-order valence-electron chi connectivity index (χ0n) is 13.1. The second kappa shape index (κ2) is 8.84. The minimum atomic E-state index is -4.53. The fourth-order valence-corrected chi connectivity index (χ4v) is 2.34. The SMILES string of the molecule is O=C(NCC(Cl)Cl)C(Oc1cccc(C(F)(F)F)c1)c1ccc(Cl)cc1. The molecule has 0 saturated carbocycles. The fourth-order valence-electron chi connectivity index (χ4n) is 2.06. The van der Waals surface area contributed by atoms with Gasteiger partial charge in [-0.25, -0.2) is 0 Å². The molecule has 0 saturated heterocycles. The minimum absolute atomic E-state index is 0.0437. The molecule has 140 valence electrons. The molecular weight excluding hydrogens is 414 g/mol. The maximum Gasteiger partial charge on any atom is 0.416 e. The second-order valence-corrected chi connectivity index (χ2v) is 6.92. The molecule has 0 aromatic heterocycles. The van der Waals surface area contributed by atoms with Crippen molar-refractivity contribution in [3.63, 3.8) is 0 Å². The molecule has 2 rings (SSSR count). The Kier molecular flexibility index (Phi) is 7.03. The smallest absolute Gasteiger partial charge is 0.416 e. The van der Waals surface area contributed by atoms with Crippen molar-refractivity contribution in [1.82, 2.24) is 5.32 Å². The third-order valence-electron chi connectivity index (χ3n) is 3.26. The summed E-state index contributed by atoms with van der Waals surface area (Å²) in [5.41, 5.74) is -0.475. The van der Waals surface area contributed by atoms with E-state index in [1.165, 1.54) is 12.1 Å². The van der Waals surface area contributed by atoms with Crippen molar-refractivity contribution in [3.05, 3.63) is 64.7 Å². The van der Waals surface area contributed by atoms with Crippen molar-refractivity contribution in [1.29, 1.82) is 0 Å². The average Bonchev–Trinajstić information content (AvgIpc) is 2.58. The average molecular weight is 427 g/mol. The lowest BCUT2D eigenvalue weighted by atomic mass is 10.1. The lowest BCUT2D eigenvalue weighted by Gasteiger charge is -2.20. The lowest BCUT2D eigenvalue weighted by molar-refractivity contribution is -0.137. The number of rotatable bonds is 6. The molecule has 1 unspecified atom stereocenters. The zero-order chi connectivity index (χ0) is 19.3. The minimum Gasteiger partial charge on any atom is -0.476 e. The standard InChI is InChI=1S/C17H13Cl3F3NO2/c18-12-6-4-10(5-7-12)15(16(25)24-9-14(19)20)26-13-3-1-2-11(8-13)17(21,22)23/h1-8,14-15H,9H2,(H,24,25). The maximum absolute atomic E-state index is 12.9. The van der Waals surface area contributed by atoms with Gasteiger partial charge in [0, 0.05) is 17.1 Å². The number of halogens is 6. The molecule has 0 aliphatic rings. The lowest BCUT2D eigenvalue weighted by Crippen LogP contribution is -2.35. The Bertz CT molecular complexity index is 752. The molecule has 0 heterocycles. The monoisotopic (exact) mass is 425 g/mol. The van der Waals surface area contributed by atoms with Crippen molar-refractivity contribution >= 4 is 40.7 Å². The summed E-state index contributed by atoms with van der Waals surface area (Å²) < 4.78 is 44.1. The van der Waals surface area contributed by atoms with Crippen LogP contribution in [0.4, 0.5) is 13.2 Å². The molecule has 0 fully saturated rings. The van der Waals surface area contributed by atoms with E-state index in [-0.39, 0.29) is 12.3 Å². The van der Waals surface area contributed by atoms with Crippen molar-refractivity contribution in [2.24, 2.45) is 0 Å². The number of hydrogen-bond donors (Lipinski definition) is 1. The number of carbonyl (C=O) groups excluding carboxylic acids is 1. The Labute approximate surface area is 163 Å². The highest BCUT2D eigenvalue weighted by Gasteiger charge is 2.31. The highest BCUT2D eigenvalue weighted by Crippen LogP contribution is 2.32. The molecule has 26 heavy (non-hydrogen) atoms. The highest BCUT2D eigenvalue weighted by molar-refractivity contribution is 6.44. The van der Waals surface area contributed by atoms with Crippen LogP contribution in [0.25, 0.3) is 0 Å². The third-order valence-corrected chi connectivity index (χ3v) is 3.82. The summed E-state index contributed by atoms with van der Waals surface area (Å²) in [6.07, 6.45) is -5.73. The van der Waals surface area contributed by atoms with Crippen LogP contribution in [-0.4, -0.2) is 17.3 Å². The number of nitrogens with one attached hydrogen (secondary N) is 1. The molecule has 0 spiro atoms. The number of benzene rings is 2. The molecular formula is C17H13Cl3F3NO2.